The third kappa shape index (κ3) is 2.25. The van der Waals surface area contributed by atoms with E-state index < -0.39 is 6.09 Å². The van der Waals surface area contributed by atoms with E-state index in [2.05, 4.69) is 4.98 Å². The summed E-state index contributed by atoms with van der Waals surface area (Å²) >= 11 is 0. The number of nitrogens with two attached hydrogens (primary N) is 1. The number of rotatable bonds is 3. The maximum absolute atomic E-state index is 10.7. The van der Waals surface area contributed by atoms with Gasteiger partial charge in [-0.15, -0.1) is 0 Å². The second kappa shape index (κ2) is 4.76. The van der Waals surface area contributed by atoms with Gasteiger partial charge in [-0.3, -0.25) is 0 Å². The van der Waals surface area contributed by atoms with E-state index in [9.17, 15) is 4.79 Å². The average Bonchev–Trinajstić information content (AvgIpc) is 2.86. The average molecular weight is 275 g/mol. The molecule has 0 aliphatic carbocycles. The Morgan fingerprint density at radius 1 is 1.45 bits per heavy atom. The number of aromatic nitrogens is 1. The van der Waals surface area contributed by atoms with Crippen LogP contribution in [0.15, 0.2) is 35.1 Å². The lowest BCUT2D eigenvalue weighted by molar-refractivity contribution is 0.0232. The molecule has 104 valence electrons. The molecule has 2 aromatic rings. The molecular weight excluding hydrogens is 262 g/mol. The van der Waals surface area contributed by atoms with Crippen LogP contribution in [0.1, 0.15) is 0 Å². The van der Waals surface area contributed by atoms with E-state index in [1.54, 1.807) is 30.7 Å². The highest BCUT2D eigenvalue weighted by atomic mass is 16.5. The number of anilines is 1. The van der Waals surface area contributed by atoms with Gasteiger partial charge in [-0.2, -0.15) is 4.98 Å². The van der Waals surface area contributed by atoms with E-state index >= 15 is 0 Å². The van der Waals surface area contributed by atoms with Crippen LogP contribution >= 0.6 is 0 Å². The SMILES string of the molecule is Nc1ccc(-c2ccoc2)c(OC2CN(C(=O)O)C2)n1. The van der Waals surface area contributed by atoms with Crippen molar-refractivity contribution in [3.8, 4) is 17.0 Å². The van der Waals surface area contributed by atoms with Crippen molar-refractivity contribution in [3.63, 3.8) is 0 Å². The third-order valence-electron chi connectivity index (χ3n) is 3.11. The fourth-order valence-electron chi connectivity index (χ4n) is 2.01. The molecule has 0 unspecified atom stereocenters. The number of likely N-dealkylation sites (tertiary alicyclic amines) is 1. The fraction of sp³-hybridized carbons (Fsp3) is 0.231. The van der Waals surface area contributed by atoms with Crippen molar-refractivity contribution < 1.29 is 19.1 Å². The summed E-state index contributed by atoms with van der Waals surface area (Å²) in [6.45, 7) is 0.660. The van der Waals surface area contributed by atoms with Crippen LogP contribution in [-0.4, -0.2) is 40.3 Å². The number of nitrogen functional groups attached to an aromatic ring is 1. The molecule has 3 N–H and O–H groups in total. The predicted molar refractivity (Wildman–Crippen MR) is 70.4 cm³/mol. The first-order chi connectivity index (χ1) is 9.63. The van der Waals surface area contributed by atoms with Crippen molar-refractivity contribution in [1.82, 2.24) is 9.88 Å². The molecule has 3 rings (SSSR count). The standard InChI is InChI=1S/C13H13N3O4/c14-11-2-1-10(8-3-4-19-7-8)12(15-11)20-9-5-16(6-9)13(17)18/h1-4,7,9H,5-6H2,(H2,14,15)(H,17,18). The molecule has 0 saturated carbocycles. The van der Waals surface area contributed by atoms with Gasteiger partial charge in [0.2, 0.25) is 5.88 Å². The summed E-state index contributed by atoms with van der Waals surface area (Å²) in [5, 5.41) is 8.79. The Hall–Kier alpha value is -2.70. The van der Waals surface area contributed by atoms with Crippen molar-refractivity contribution in [3.05, 3.63) is 30.7 Å². The van der Waals surface area contributed by atoms with Crippen molar-refractivity contribution in [2.75, 3.05) is 18.8 Å². The Morgan fingerprint density at radius 2 is 2.25 bits per heavy atom. The van der Waals surface area contributed by atoms with Gasteiger partial charge in [0.05, 0.1) is 25.6 Å². The molecule has 0 aromatic carbocycles. The van der Waals surface area contributed by atoms with Gasteiger partial charge in [0.15, 0.2) is 0 Å². The molecule has 7 heteroatoms. The summed E-state index contributed by atoms with van der Waals surface area (Å²) in [7, 11) is 0. The van der Waals surface area contributed by atoms with Crippen molar-refractivity contribution in [2.24, 2.45) is 0 Å². The summed E-state index contributed by atoms with van der Waals surface area (Å²) in [5.74, 6) is 0.739. The van der Waals surface area contributed by atoms with Gasteiger partial charge in [0.1, 0.15) is 11.9 Å². The molecular formula is C13H13N3O4. The van der Waals surface area contributed by atoms with Gasteiger partial charge >= 0.3 is 6.09 Å². The molecule has 0 radical (unpaired) electrons. The van der Waals surface area contributed by atoms with E-state index in [1.807, 2.05) is 0 Å². The largest absolute Gasteiger partial charge is 0.472 e. The minimum atomic E-state index is -0.944. The van der Waals surface area contributed by atoms with Crippen molar-refractivity contribution in [1.29, 1.82) is 0 Å². The Labute approximate surface area is 114 Å². The Bertz CT molecular complexity index is 621. The zero-order valence-electron chi connectivity index (χ0n) is 10.5. The number of pyridine rings is 1. The van der Waals surface area contributed by atoms with Gasteiger partial charge in [-0.05, 0) is 18.2 Å². The van der Waals surface area contributed by atoms with E-state index in [4.69, 9.17) is 20.0 Å². The molecule has 3 heterocycles. The number of furan rings is 1. The lowest BCUT2D eigenvalue weighted by Crippen LogP contribution is -2.55. The first-order valence-electron chi connectivity index (χ1n) is 6.07. The van der Waals surface area contributed by atoms with Gasteiger partial charge in [-0.1, -0.05) is 0 Å². The van der Waals surface area contributed by atoms with Crippen molar-refractivity contribution in [2.45, 2.75) is 6.10 Å². The van der Waals surface area contributed by atoms with E-state index in [1.165, 1.54) is 4.90 Å². The minimum absolute atomic E-state index is 0.203. The Kier molecular flexibility index (Phi) is 2.94. The normalized spacial score (nSPS) is 14.9. The number of carboxylic acid groups (broad SMARTS) is 1. The topological polar surface area (TPSA) is 102 Å². The zero-order chi connectivity index (χ0) is 14.1. The second-order valence-electron chi connectivity index (χ2n) is 4.53. The van der Waals surface area contributed by atoms with Gasteiger partial charge < -0.3 is 24.9 Å². The zero-order valence-corrected chi connectivity index (χ0v) is 10.5. The monoisotopic (exact) mass is 275 g/mol. The molecule has 1 aliphatic heterocycles. The summed E-state index contributed by atoms with van der Waals surface area (Å²) in [6, 6.07) is 5.28. The third-order valence-corrected chi connectivity index (χ3v) is 3.11. The summed E-state index contributed by atoms with van der Waals surface area (Å²) in [5.41, 5.74) is 7.27. The molecule has 0 spiro atoms. The highest BCUT2D eigenvalue weighted by Gasteiger charge is 2.33. The van der Waals surface area contributed by atoms with Crippen LogP contribution in [0.4, 0.5) is 10.6 Å². The van der Waals surface area contributed by atoms with Crippen LogP contribution in [0.5, 0.6) is 5.88 Å². The molecule has 1 saturated heterocycles. The Balaban J connectivity index is 1.79. The molecule has 0 bridgehead atoms. The summed E-state index contributed by atoms with van der Waals surface area (Å²) < 4.78 is 10.8. The molecule has 1 fully saturated rings. The van der Waals surface area contributed by atoms with E-state index in [0.717, 1.165) is 11.1 Å². The first-order valence-corrected chi connectivity index (χ1v) is 6.07. The molecule has 0 atom stereocenters. The van der Waals surface area contributed by atoms with Gasteiger partial charge in [0, 0.05) is 11.1 Å². The van der Waals surface area contributed by atoms with Crippen LogP contribution in [-0.2, 0) is 0 Å². The second-order valence-corrected chi connectivity index (χ2v) is 4.53. The Morgan fingerprint density at radius 3 is 2.90 bits per heavy atom. The van der Waals surface area contributed by atoms with Crippen LogP contribution in [0.2, 0.25) is 0 Å². The first kappa shape index (κ1) is 12.3. The van der Waals surface area contributed by atoms with E-state index in [-0.39, 0.29) is 6.10 Å². The van der Waals surface area contributed by atoms with Crippen LogP contribution in [0, 0.1) is 0 Å². The number of amides is 1. The van der Waals surface area contributed by atoms with E-state index in [0.29, 0.717) is 24.8 Å². The van der Waals surface area contributed by atoms with Crippen molar-refractivity contribution >= 4 is 11.9 Å². The number of hydrogen-bond donors (Lipinski definition) is 2. The molecule has 1 aliphatic rings. The molecule has 7 nitrogen and oxygen atoms in total. The molecule has 1 amide bonds. The lowest BCUT2D eigenvalue weighted by atomic mass is 10.1. The quantitative estimate of drug-likeness (QED) is 0.883. The number of nitrogens with zero attached hydrogens (tertiary/aromatic N) is 2. The minimum Gasteiger partial charge on any atom is -0.472 e. The number of ether oxygens (including phenoxy) is 1. The number of carbonyl (C=O) groups is 1. The van der Waals surface area contributed by atoms with Crippen LogP contribution in [0.25, 0.3) is 11.1 Å². The maximum Gasteiger partial charge on any atom is 0.407 e. The summed E-state index contributed by atoms with van der Waals surface area (Å²) in [6.07, 6.45) is 2.00. The number of hydrogen-bond acceptors (Lipinski definition) is 5. The van der Waals surface area contributed by atoms with Gasteiger partial charge in [-0.25, -0.2) is 4.79 Å². The molecule has 20 heavy (non-hydrogen) atoms. The highest BCUT2D eigenvalue weighted by Crippen LogP contribution is 2.31. The van der Waals surface area contributed by atoms with Crippen LogP contribution < -0.4 is 10.5 Å². The predicted octanol–water partition coefficient (Wildman–Crippen LogP) is 1.66. The smallest absolute Gasteiger partial charge is 0.407 e. The van der Waals surface area contributed by atoms with Crippen LogP contribution in [0.3, 0.4) is 0 Å². The highest BCUT2D eigenvalue weighted by molar-refractivity contribution is 5.69. The summed E-state index contributed by atoms with van der Waals surface area (Å²) in [4.78, 5) is 16.2. The lowest BCUT2D eigenvalue weighted by Gasteiger charge is -2.36. The molecule has 2 aromatic heterocycles. The maximum atomic E-state index is 10.7. The fourth-order valence-corrected chi connectivity index (χ4v) is 2.01. The van der Waals surface area contributed by atoms with Gasteiger partial charge in [0.25, 0.3) is 0 Å².